The van der Waals surface area contributed by atoms with Gasteiger partial charge in [-0.3, -0.25) is 0 Å². The number of aromatic nitrogens is 2. The highest BCUT2D eigenvalue weighted by Gasteiger charge is 2.21. The lowest BCUT2D eigenvalue weighted by Gasteiger charge is -2.25. The van der Waals surface area contributed by atoms with E-state index in [-0.39, 0.29) is 0 Å². The van der Waals surface area contributed by atoms with Crippen LogP contribution < -0.4 is 4.90 Å². The molecular formula is C66H43N3. The molecule has 0 amide bonds. The minimum atomic E-state index is 1.10. The smallest absolute Gasteiger partial charge is 0.0542 e. The summed E-state index contributed by atoms with van der Waals surface area (Å²) < 4.78 is 4.94. The van der Waals surface area contributed by atoms with Gasteiger partial charge in [-0.1, -0.05) is 164 Å². The molecule has 0 saturated heterocycles. The van der Waals surface area contributed by atoms with Crippen molar-refractivity contribution in [2.75, 3.05) is 4.90 Å². The zero-order valence-corrected chi connectivity index (χ0v) is 37.7. The molecule has 0 aliphatic heterocycles. The number of anilines is 3. The summed E-state index contributed by atoms with van der Waals surface area (Å²) in [6.07, 6.45) is 0. The molecule has 2 aromatic heterocycles. The van der Waals surface area contributed by atoms with Gasteiger partial charge in [0.05, 0.1) is 22.1 Å². The third-order valence-electron chi connectivity index (χ3n) is 14.2. The van der Waals surface area contributed by atoms with Crippen LogP contribution in [0.4, 0.5) is 17.1 Å². The molecule has 14 rings (SSSR count). The van der Waals surface area contributed by atoms with Gasteiger partial charge < -0.3 is 14.0 Å². The lowest BCUT2D eigenvalue weighted by molar-refractivity contribution is 1.17. The second-order valence-corrected chi connectivity index (χ2v) is 18.1. The van der Waals surface area contributed by atoms with Crippen LogP contribution in [0.2, 0.25) is 0 Å². The van der Waals surface area contributed by atoms with Crippen molar-refractivity contribution in [1.82, 2.24) is 9.13 Å². The van der Waals surface area contributed by atoms with E-state index in [0.717, 1.165) is 39.5 Å². The Labute approximate surface area is 399 Å². The summed E-state index contributed by atoms with van der Waals surface area (Å²) in [7, 11) is 0. The molecule has 0 fully saturated rings. The minimum Gasteiger partial charge on any atom is -0.310 e. The van der Waals surface area contributed by atoms with Gasteiger partial charge in [0.25, 0.3) is 0 Å². The zero-order chi connectivity index (χ0) is 45.4. The van der Waals surface area contributed by atoms with Crippen LogP contribution in [0.5, 0.6) is 0 Å². The first-order valence-corrected chi connectivity index (χ1v) is 23.8. The van der Waals surface area contributed by atoms with Gasteiger partial charge in [0.1, 0.15) is 0 Å². The Morgan fingerprint density at radius 2 is 0.551 bits per heavy atom. The third-order valence-corrected chi connectivity index (χ3v) is 14.2. The van der Waals surface area contributed by atoms with Crippen LogP contribution in [-0.2, 0) is 0 Å². The highest BCUT2D eigenvalue weighted by Crippen LogP contribution is 2.44. The number of nitrogens with zero attached hydrogens (tertiary/aromatic N) is 3. The highest BCUT2D eigenvalue weighted by atomic mass is 15.1. The normalized spacial score (nSPS) is 11.8. The molecule has 0 spiro atoms. The van der Waals surface area contributed by atoms with E-state index in [9.17, 15) is 0 Å². The molecule has 12 aromatic carbocycles. The molecule has 0 unspecified atom stereocenters. The molecule has 3 nitrogen and oxygen atoms in total. The van der Waals surface area contributed by atoms with Gasteiger partial charge >= 0.3 is 0 Å². The number of rotatable bonds is 7. The van der Waals surface area contributed by atoms with Gasteiger partial charge in [-0.15, -0.1) is 0 Å². The minimum absolute atomic E-state index is 1.10. The SMILES string of the molecule is c1ccc(-c2ccc3c(c2)c2cc(-c4ccccc4)ccc2n3-c2ccc3c(c2)c2cc(N(c4ccccc4)c4ccccc4)ccc2n3-c2ccc3c4ccccc4c4ccccc4c3c2)cc1. The van der Waals surface area contributed by atoms with Crippen LogP contribution >= 0.6 is 0 Å². The van der Waals surface area contributed by atoms with E-state index in [1.165, 1.54) is 87.1 Å². The molecule has 322 valence electrons. The Balaban J connectivity index is 1.04. The molecule has 0 saturated carbocycles. The first-order chi connectivity index (χ1) is 34.2. The van der Waals surface area contributed by atoms with Crippen LogP contribution in [0.3, 0.4) is 0 Å². The van der Waals surface area contributed by atoms with E-state index in [4.69, 9.17) is 0 Å². The predicted molar refractivity (Wildman–Crippen MR) is 293 cm³/mol. The average Bonchev–Trinajstić information content (AvgIpc) is 3.93. The van der Waals surface area contributed by atoms with Gasteiger partial charge in [-0.25, -0.2) is 0 Å². The predicted octanol–water partition coefficient (Wildman–Crippen LogP) is 18.1. The van der Waals surface area contributed by atoms with Gasteiger partial charge in [0.15, 0.2) is 0 Å². The lowest BCUT2D eigenvalue weighted by atomic mass is 9.94. The maximum Gasteiger partial charge on any atom is 0.0542 e. The number of benzene rings is 12. The van der Waals surface area contributed by atoms with Crippen molar-refractivity contribution < 1.29 is 0 Å². The highest BCUT2D eigenvalue weighted by molar-refractivity contribution is 6.26. The van der Waals surface area contributed by atoms with Crippen molar-refractivity contribution in [1.29, 1.82) is 0 Å². The summed E-state index contributed by atoms with van der Waals surface area (Å²) in [4.78, 5) is 2.36. The maximum atomic E-state index is 2.47. The summed E-state index contributed by atoms with van der Waals surface area (Å²) in [6.45, 7) is 0. The fourth-order valence-electron chi connectivity index (χ4n) is 11.1. The van der Waals surface area contributed by atoms with Crippen molar-refractivity contribution in [2.24, 2.45) is 0 Å². The summed E-state index contributed by atoms with van der Waals surface area (Å²) in [6, 6.07) is 95.6. The molecule has 3 heteroatoms. The second-order valence-electron chi connectivity index (χ2n) is 18.1. The van der Waals surface area contributed by atoms with Gasteiger partial charge in [-0.2, -0.15) is 0 Å². The van der Waals surface area contributed by atoms with Crippen LogP contribution in [0.15, 0.2) is 261 Å². The Hall–Kier alpha value is -9.18. The quantitative estimate of drug-likeness (QED) is 0.145. The molecule has 0 N–H and O–H groups in total. The third kappa shape index (κ3) is 6.29. The van der Waals surface area contributed by atoms with E-state index < -0.39 is 0 Å². The van der Waals surface area contributed by atoms with Crippen LogP contribution in [0.1, 0.15) is 0 Å². The topological polar surface area (TPSA) is 13.1 Å². The summed E-state index contributed by atoms with van der Waals surface area (Å²) in [5.41, 5.74) is 15.0. The second kappa shape index (κ2) is 15.7. The molecule has 0 atom stereocenters. The Morgan fingerprint density at radius 1 is 0.203 bits per heavy atom. The first-order valence-electron chi connectivity index (χ1n) is 23.8. The molecule has 14 aromatic rings. The fourth-order valence-corrected chi connectivity index (χ4v) is 11.1. The number of para-hydroxylation sites is 2. The van der Waals surface area contributed by atoms with E-state index in [2.05, 4.69) is 275 Å². The fraction of sp³-hybridized carbons (Fsp3) is 0. The van der Waals surface area contributed by atoms with E-state index in [0.29, 0.717) is 0 Å². The average molecular weight is 878 g/mol. The summed E-state index contributed by atoms with van der Waals surface area (Å²) in [5, 5.41) is 12.4. The van der Waals surface area contributed by atoms with Crippen molar-refractivity contribution >= 4 is 93.0 Å². The largest absolute Gasteiger partial charge is 0.310 e. The lowest BCUT2D eigenvalue weighted by Crippen LogP contribution is -2.09. The molecule has 69 heavy (non-hydrogen) atoms. The molecule has 0 radical (unpaired) electrons. The van der Waals surface area contributed by atoms with Crippen molar-refractivity contribution in [2.45, 2.75) is 0 Å². The molecule has 0 bridgehead atoms. The van der Waals surface area contributed by atoms with Gasteiger partial charge in [0, 0.05) is 50.0 Å². The van der Waals surface area contributed by atoms with Crippen LogP contribution in [0.25, 0.3) is 110 Å². The first kappa shape index (κ1) is 39.0. The van der Waals surface area contributed by atoms with E-state index in [1.54, 1.807) is 0 Å². The number of hydrogen-bond acceptors (Lipinski definition) is 1. The van der Waals surface area contributed by atoms with Crippen LogP contribution in [-0.4, -0.2) is 9.13 Å². The van der Waals surface area contributed by atoms with Crippen LogP contribution in [0, 0.1) is 0 Å². The standard InChI is InChI=1S/C66H43N3/c1-5-17-44(18-6-1)46-29-35-63-59(39-46)60-40-47(45-19-7-2-8-20-45)30-36-64(60)69(63)52-33-38-66-62(43-52)61-42-50(67(48-21-9-3-10-22-48)49-23-11-4-12-24-49)32-37-65(61)68(66)51-31-34-57-55-27-14-13-25-53(55)54-26-15-16-28-56(54)58(57)41-51/h1-43H. The number of fused-ring (bicyclic) bond motifs is 12. The van der Waals surface area contributed by atoms with Crippen molar-refractivity contribution in [3.8, 4) is 33.6 Å². The molecule has 0 aliphatic carbocycles. The molecular weight excluding hydrogens is 835 g/mol. The monoisotopic (exact) mass is 877 g/mol. The van der Waals surface area contributed by atoms with E-state index in [1.807, 2.05) is 0 Å². The zero-order valence-electron chi connectivity index (χ0n) is 37.7. The molecule has 2 heterocycles. The van der Waals surface area contributed by atoms with Gasteiger partial charge in [-0.05, 0) is 152 Å². The number of hydrogen-bond donors (Lipinski definition) is 0. The Bertz CT molecular complexity index is 4110. The molecule has 0 aliphatic rings. The maximum absolute atomic E-state index is 2.47. The van der Waals surface area contributed by atoms with E-state index >= 15 is 0 Å². The van der Waals surface area contributed by atoms with Crippen molar-refractivity contribution in [3.05, 3.63) is 261 Å². The Kier molecular flexibility index (Phi) is 8.90. The van der Waals surface area contributed by atoms with Crippen molar-refractivity contribution in [3.63, 3.8) is 0 Å². The van der Waals surface area contributed by atoms with Gasteiger partial charge in [0.2, 0.25) is 0 Å². The summed E-state index contributed by atoms with van der Waals surface area (Å²) in [5.74, 6) is 0. The Morgan fingerprint density at radius 3 is 1.04 bits per heavy atom. The summed E-state index contributed by atoms with van der Waals surface area (Å²) >= 11 is 0.